The number of halogens is 1. The number of hydrogen-bond donors (Lipinski definition) is 1. The Hall–Kier alpha value is -2.67. The molecule has 0 aliphatic heterocycles. The Bertz CT molecular complexity index is 1000. The zero-order chi connectivity index (χ0) is 19.2. The van der Waals surface area contributed by atoms with E-state index in [0.717, 1.165) is 17.6 Å². The number of hydrogen-bond acceptors (Lipinski definition) is 4. The lowest BCUT2D eigenvalue weighted by atomic mass is 10.2. The predicted octanol–water partition coefficient (Wildman–Crippen LogP) is 2.89. The third-order valence-corrected chi connectivity index (χ3v) is 5.09. The molecule has 0 spiro atoms. The molecule has 1 aromatic heterocycles. The van der Waals surface area contributed by atoms with Crippen molar-refractivity contribution in [3.63, 3.8) is 0 Å². The quantitative estimate of drug-likeness (QED) is 0.635. The molecule has 0 atom stereocenters. The first-order chi connectivity index (χ1) is 13.0. The molecular formula is C20H20FN3O2S. The van der Waals surface area contributed by atoms with Crippen LogP contribution in [0.2, 0.25) is 0 Å². The first-order valence-corrected chi connectivity index (χ1v) is 9.73. The summed E-state index contributed by atoms with van der Waals surface area (Å²) >= 11 is 1.73. The zero-order valence-corrected chi connectivity index (χ0v) is 15.8. The molecule has 1 heterocycles. The fourth-order valence-corrected chi connectivity index (χ4v) is 3.41. The maximum absolute atomic E-state index is 13.3. The molecule has 0 fully saturated rings. The van der Waals surface area contributed by atoms with Crippen LogP contribution in [0, 0.1) is 12.7 Å². The number of nitrogens with zero attached hydrogens (tertiary/aromatic N) is 2. The largest absolute Gasteiger partial charge is 0.354 e. The average Bonchev–Trinajstić information content (AvgIpc) is 2.66. The lowest BCUT2D eigenvalue weighted by molar-refractivity contribution is -0.121. The molecule has 0 aliphatic rings. The summed E-state index contributed by atoms with van der Waals surface area (Å²) < 4.78 is 14.5. The molecule has 0 unspecified atom stereocenters. The lowest BCUT2D eigenvalue weighted by Gasteiger charge is -2.08. The lowest BCUT2D eigenvalue weighted by Crippen LogP contribution is -2.33. The summed E-state index contributed by atoms with van der Waals surface area (Å²) in [5.74, 6) is 0.880. The van der Waals surface area contributed by atoms with E-state index in [1.807, 2.05) is 0 Å². The second-order valence-corrected chi connectivity index (χ2v) is 7.33. The van der Waals surface area contributed by atoms with Crippen molar-refractivity contribution in [2.45, 2.75) is 19.2 Å². The van der Waals surface area contributed by atoms with Crippen LogP contribution in [0.25, 0.3) is 10.9 Å². The van der Waals surface area contributed by atoms with Crippen LogP contribution in [0.15, 0.2) is 53.6 Å². The highest BCUT2D eigenvalue weighted by Crippen LogP contribution is 2.12. The highest BCUT2D eigenvalue weighted by Gasteiger charge is 2.08. The SMILES string of the molecule is Cc1ccc(CSCCNC(=O)Cn2cnc3ccc(F)cc3c2=O)cc1. The molecule has 0 saturated carbocycles. The molecule has 7 heteroatoms. The second-order valence-electron chi connectivity index (χ2n) is 6.23. The molecule has 3 rings (SSSR count). The van der Waals surface area contributed by atoms with Crippen LogP contribution >= 0.6 is 11.8 Å². The molecule has 1 N–H and O–H groups in total. The molecule has 1 amide bonds. The van der Waals surface area contributed by atoms with Gasteiger partial charge in [-0.05, 0) is 30.7 Å². The van der Waals surface area contributed by atoms with Gasteiger partial charge in [0.1, 0.15) is 12.4 Å². The van der Waals surface area contributed by atoms with Gasteiger partial charge in [-0.25, -0.2) is 9.37 Å². The average molecular weight is 385 g/mol. The number of aromatic nitrogens is 2. The maximum atomic E-state index is 13.3. The van der Waals surface area contributed by atoms with Crippen molar-refractivity contribution in [3.8, 4) is 0 Å². The first-order valence-electron chi connectivity index (χ1n) is 8.57. The molecule has 0 radical (unpaired) electrons. The van der Waals surface area contributed by atoms with Crippen LogP contribution in [-0.2, 0) is 17.1 Å². The Morgan fingerprint density at radius 1 is 1.22 bits per heavy atom. The van der Waals surface area contributed by atoms with Crippen molar-refractivity contribution in [1.82, 2.24) is 14.9 Å². The van der Waals surface area contributed by atoms with E-state index in [9.17, 15) is 14.0 Å². The summed E-state index contributed by atoms with van der Waals surface area (Å²) in [6.07, 6.45) is 1.31. The number of rotatable bonds is 7. The van der Waals surface area contributed by atoms with Gasteiger partial charge in [0, 0.05) is 18.1 Å². The molecule has 140 valence electrons. The zero-order valence-electron chi connectivity index (χ0n) is 14.9. The monoisotopic (exact) mass is 385 g/mol. The molecule has 0 bridgehead atoms. The standard InChI is InChI=1S/C20H20FN3O2S/c1-14-2-4-15(5-3-14)12-27-9-8-22-19(25)11-24-13-23-18-7-6-16(21)10-17(18)20(24)26/h2-7,10,13H,8-9,11-12H2,1H3,(H,22,25). The summed E-state index contributed by atoms with van der Waals surface area (Å²) in [6, 6.07) is 12.2. The van der Waals surface area contributed by atoms with Gasteiger partial charge in [-0.1, -0.05) is 29.8 Å². The van der Waals surface area contributed by atoms with Gasteiger partial charge in [0.25, 0.3) is 5.56 Å². The molecule has 0 saturated heterocycles. The van der Waals surface area contributed by atoms with E-state index in [-0.39, 0.29) is 17.8 Å². The molecule has 27 heavy (non-hydrogen) atoms. The maximum Gasteiger partial charge on any atom is 0.261 e. The number of benzene rings is 2. The second kappa shape index (κ2) is 8.81. The van der Waals surface area contributed by atoms with Gasteiger partial charge in [-0.15, -0.1) is 0 Å². The fourth-order valence-electron chi connectivity index (χ4n) is 2.59. The smallest absolute Gasteiger partial charge is 0.261 e. The first kappa shape index (κ1) is 19.1. The minimum atomic E-state index is -0.505. The van der Waals surface area contributed by atoms with Gasteiger partial charge in [0.05, 0.1) is 17.2 Å². The predicted molar refractivity (Wildman–Crippen MR) is 106 cm³/mol. The summed E-state index contributed by atoms with van der Waals surface area (Å²) in [7, 11) is 0. The third-order valence-electron chi connectivity index (χ3n) is 4.06. The Balaban J connectivity index is 1.48. The van der Waals surface area contributed by atoms with E-state index >= 15 is 0 Å². The van der Waals surface area contributed by atoms with Crippen LogP contribution in [0.4, 0.5) is 4.39 Å². The Labute approximate surface area is 160 Å². The van der Waals surface area contributed by atoms with Crippen LogP contribution in [-0.4, -0.2) is 27.8 Å². The molecule has 2 aromatic carbocycles. The number of amides is 1. The number of carbonyl (C=O) groups excluding carboxylic acids is 1. The minimum absolute atomic E-state index is 0.138. The summed E-state index contributed by atoms with van der Waals surface area (Å²) in [4.78, 5) is 28.5. The highest BCUT2D eigenvalue weighted by atomic mass is 32.2. The number of fused-ring (bicyclic) bond motifs is 1. The third kappa shape index (κ3) is 5.17. The van der Waals surface area contributed by atoms with E-state index in [1.54, 1.807) is 11.8 Å². The van der Waals surface area contributed by atoms with Crippen molar-refractivity contribution >= 4 is 28.6 Å². The number of nitrogens with one attached hydrogen (secondary N) is 1. The number of aryl methyl sites for hydroxylation is 1. The summed E-state index contributed by atoms with van der Waals surface area (Å²) in [6.45, 7) is 2.43. The van der Waals surface area contributed by atoms with Crippen molar-refractivity contribution in [2.24, 2.45) is 0 Å². The van der Waals surface area contributed by atoms with Crippen LogP contribution < -0.4 is 10.9 Å². The van der Waals surface area contributed by atoms with Gasteiger partial charge in [-0.3, -0.25) is 14.2 Å². The van der Waals surface area contributed by atoms with Crippen molar-refractivity contribution in [1.29, 1.82) is 0 Å². The van der Waals surface area contributed by atoms with Crippen LogP contribution in [0.5, 0.6) is 0 Å². The van der Waals surface area contributed by atoms with Gasteiger partial charge in [0.2, 0.25) is 5.91 Å². The Morgan fingerprint density at radius 3 is 2.78 bits per heavy atom. The van der Waals surface area contributed by atoms with Crippen molar-refractivity contribution in [2.75, 3.05) is 12.3 Å². The van der Waals surface area contributed by atoms with E-state index in [1.165, 1.54) is 34.2 Å². The van der Waals surface area contributed by atoms with E-state index < -0.39 is 11.4 Å². The van der Waals surface area contributed by atoms with Gasteiger partial charge in [-0.2, -0.15) is 11.8 Å². The summed E-state index contributed by atoms with van der Waals surface area (Å²) in [5.41, 5.74) is 2.46. The van der Waals surface area contributed by atoms with Crippen molar-refractivity contribution in [3.05, 3.63) is 76.1 Å². The van der Waals surface area contributed by atoms with Gasteiger partial charge in [0.15, 0.2) is 0 Å². The number of thioether (sulfide) groups is 1. The molecule has 5 nitrogen and oxygen atoms in total. The normalized spacial score (nSPS) is 10.9. The van der Waals surface area contributed by atoms with E-state index in [2.05, 4.69) is 41.5 Å². The molecule has 3 aromatic rings. The van der Waals surface area contributed by atoms with Gasteiger partial charge < -0.3 is 5.32 Å². The summed E-state index contributed by atoms with van der Waals surface area (Å²) in [5, 5.41) is 2.96. The highest BCUT2D eigenvalue weighted by molar-refractivity contribution is 7.98. The van der Waals surface area contributed by atoms with Gasteiger partial charge >= 0.3 is 0 Å². The fraction of sp³-hybridized carbons (Fsp3) is 0.250. The molecular weight excluding hydrogens is 365 g/mol. The topological polar surface area (TPSA) is 64.0 Å². The Kier molecular flexibility index (Phi) is 6.24. The Morgan fingerprint density at radius 2 is 2.00 bits per heavy atom. The van der Waals surface area contributed by atoms with Crippen LogP contribution in [0.1, 0.15) is 11.1 Å². The van der Waals surface area contributed by atoms with E-state index in [4.69, 9.17) is 0 Å². The number of carbonyl (C=O) groups is 1. The van der Waals surface area contributed by atoms with Crippen LogP contribution in [0.3, 0.4) is 0 Å². The molecule has 0 aliphatic carbocycles. The van der Waals surface area contributed by atoms with Crippen molar-refractivity contribution < 1.29 is 9.18 Å². The van der Waals surface area contributed by atoms with E-state index in [0.29, 0.717) is 12.1 Å². The minimum Gasteiger partial charge on any atom is -0.354 e.